The molecule has 2 aromatic carbocycles. The SMILES string of the molecule is O=S(=O)(c1ccc(N2CCCC2)cc1)N1CCc2ccccc2C1. The van der Waals surface area contributed by atoms with Crippen molar-refractivity contribution < 1.29 is 8.42 Å². The molecule has 2 heterocycles. The highest BCUT2D eigenvalue weighted by molar-refractivity contribution is 7.89. The van der Waals surface area contributed by atoms with Gasteiger partial charge in [-0.2, -0.15) is 4.31 Å². The van der Waals surface area contributed by atoms with Crippen molar-refractivity contribution in [1.82, 2.24) is 4.31 Å². The largest absolute Gasteiger partial charge is 0.372 e. The third-order valence-electron chi connectivity index (χ3n) is 5.04. The molecular weight excluding hydrogens is 320 g/mol. The van der Waals surface area contributed by atoms with E-state index in [1.54, 1.807) is 16.4 Å². The van der Waals surface area contributed by atoms with Crippen LogP contribution in [-0.4, -0.2) is 32.4 Å². The summed E-state index contributed by atoms with van der Waals surface area (Å²) in [4.78, 5) is 2.71. The summed E-state index contributed by atoms with van der Waals surface area (Å²) in [6.07, 6.45) is 3.21. The molecule has 2 aliphatic rings. The summed E-state index contributed by atoms with van der Waals surface area (Å²) in [6.45, 7) is 3.14. The zero-order chi connectivity index (χ0) is 16.6. The number of fused-ring (bicyclic) bond motifs is 1. The molecule has 0 aromatic heterocycles. The fourth-order valence-electron chi connectivity index (χ4n) is 3.63. The average Bonchev–Trinajstić information content (AvgIpc) is 3.16. The Bertz CT molecular complexity index is 825. The lowest BCUT2D eigenvalue weighted by Gasteiger charge is -2.28. The maximum atomic E-state index is 12.9. The first-order valence-electron chi connectivity index (χ1n) is 8.56. The Kier molecular flexibility index (Phi) is 4.06. The standard InChI is InChI=1S/C19H22N2O2S/c22-24(23,21-14-11-16-5-1-2-6-17(16)15-21)19-9-7-18(8-10-19)20-12-3-4-13-20/h1-2,5-10H,3-4,11-15H2. The third kappa shape index (κ3) is 2.82. The molecule has 0 amide bonds. The topological polar surface area (TPSA) is 40.6 Å². The molecule has 2 aliphatic heterocycles. The van der Waals surface area contributed by atoms with Gasteiger partial charge in [0.15, 0.2) is 0 Å². The highest BCUT2D eigenvalue weighted by atomic mass is 32.2. The Balaban J connectivity index is 1.56. The zero-order valence-corrected chi connectivity index (χ0v) is 14.5. The maximum absolute atomic E-state index is 12.9. The van der Waals surface area contributed by atoms with Crippen molar-refractivity contribution in [1.29, 1.82) is 0 Å². The van der Waals surface area contributed by atoms with Gasteiger partial charge in [-0.25, -0.2) is 8.42 Å². The Morgan fingerprint density at radius 2 is 1.46 bits per heavy atom. The van der Waals surface area contributed by atoms with Gasteiger partial charge in [-0.15, -0.1) is 0 Å². The molecule has 0 atom stereocenters. The van der Waals surface area contributed by atoms with E-state index in [4.69, 9.17) is 0 Å². The predicted octanol–water partition coefficient (Wildman–Crippen LogP) is 3.03. The van der Waals surface area contributed by atoms with E-state index in [-0.39, 0.29) is 0 Å². The first-order chi connectivity index (χ1) is 11.6. The normalized spacial score (nSPS) is 18.6. The fourth-order valence-corrected chi connectivity index (χ4v) is 5.05. The van der Waals surface area contributed by atoms with Crippen molar-refractivity contribution in [3.63, 3.8) is 0 Å². The van der Waals surface area contributed by atoms with Gasteiger partial charge < -0.3 is 4.90 Å². The number of nitrogens with zero attached hydrogens (tertiary/aromatic N) is 2. The van der Waals surface area contributed by atoms with E-state index in [2.05, 4.69) is 11.0 Å². The summed E-state index contributed by atoms with van der Waals surface area (Å²) in [5.41, 5.74) is 3.49. The van der Waals surface area contributed by atoms with E-state index in [0.29, 0.717) is 18.0 Å². The van der Waals surface area contributed by atoms with Gasteiger partial charge >= 0.3 is 0 Å². The summed E-state index contributed by atoms with van der Waals surface area (Å²) in [5, 5.41) is 0. The molecule has 0 N–H and O–H groups in total. The van der Waals surface area contributed by atoms with E-state index in [1.165, 1.54) is 18.4 Å². The van der Waals surface area contributed by atoms with E-state index in [9.17, 15) is 8.42 Å². The van der Waals surface area contributed by atoms with E-state index >= 15 is 0 Å². The molecule has 4 nitrogen and oxygen atoms in total. The molecule has 0 radical (unpaired) electrons. The van der Waals surface area contributed by atoms with Crippen LogP contribution in [0, 0.1) is 0 Å². The highest BCUT2D eigenvalue weighted by Crippen LogP contribution is 2.27. The van der Waals surface area contributed by atoms with Gasteiger partial charge in [-0.05, 0) is 54.7 Å². The average molecular weight is 342 g/mol. The number of anilines is 1. The van der Waals surface area contributed by atoms with Crippen molar-refractivity contribution in [2.24, 2.45) is 0 Å². The number of rotatable bonds is 3. The minimum atomic E-state index is -3.43. The lowest BCUT2D eigenvalue weighted by Crippen LogP contribution is -2.35. The smallest absolute Gasteiger partial charge is 0.243 e. The number of hydrogen-bond donors (Lipinski definition) is 0. The van der Waals surface area contributed by atoms with Crippen LogP contribution in [0.3, 0.4) is 0 Å². The second-order valence-corrected chi connectivity index (χ2v) is 8.48. The van der Waals surface area contributed by atoms with Crippen LogP contribution in [0.4, 0.5) is 5.69 Å². The molecule has 126 valence electrons. The highest BCUT2D eigenvalue weighted by Gasteiger charge is 2.28. The lowest BCUT2D eigenvalue weighted by atomic mass is 10.0. The summed E-state index contributed by atoms with van der Waals surface area (Å²) in [5.74, 6) is 0. The second kappa shape index (κ2) is 6.22. The van der Waals surface area contributed by atoms with Crippen molar-refractivity contribution in [2.75, 3.05) is 24.5 Å². The van der Waals surface area contributed by atoms with Crippen molar-refractivity contribution >= 4 is 15.7 Å². The van der Waals surface area contributed by atoms with Crippen molar-refractivity contribution in [3.05, 3.63) is 59.7 Å². The van der Waals surface area contributed by atoms with Gasteiger partial charge in [0.25, 0.3) is 0 Å². The fraction of sp³-hybridized carbons (Fsp3) is 0.368. The lowest BCUT2D eigenvalue weighted by molar-refractivity contribution is 0.391. The molecule has 1 saturated heterocycles. The molecule has 0 spiro atoms. The van der Waals surface area contributed by atoms with Gasteiger partial charge in [0.2, 0.25) is 10.0 Å². The second-order valence-electron chi connectivity index (χ2n) is 6.55. The molecule has 0 bridgehead atoms. The first-order valence-corrected chi connectivity index (χ1v) is 10.0. The van der Waals surface area contributed by atoms with E-state index in [0.717, 1.165) is 30.8 Å². The van der Waals surface area contributed by atoms with Crippen LogP contribution in [0.5, 0.6) is 0 Å². The number of hydrogen-bond acceptors (Lipinski definition) is 3. The van der Waals surface area contributed by atoms with Crippen LogP contribution < -0.4 is 4.90 Å². The molecule has 24 heavy (non-hydrogen) atoms. The molecule has 2 aromatic rings. The Morgan fingerprint density at radius 3 is 2.17 bits per heavy atom. The third-order valence-corrected chi connectivity index (χ3v) is 6.90. The molecule has 5 heteroatoms. The van der Waals surface area contributed by atoms with Crippen LogP contribution in [0.25, 0.3) is 0 Å². The first kappa shape index (κ1) is 15.7. The number of sulfonamides is 1. The van der Waals surface area contributed by atoms with Crippen molar-refractivity contribution in [3.8, 4) is 0 Å². The minimum Gasteiger partial charge on any atom is -0.372 e. The minimum absolute atomic E-state index is 0.393. The van der Waals surface area contributed by atoms with Crippen LogP contribution >= 0.6 is 0 Å². The maximum Gasteiger partial charge on any atom is 0.243 e. The van der Waals surface area contributed by atoms with Gasteiger partial charge in [0.1, 0.15) is 0 Å². The zero-order valence-electron chi connectivity index (χ0n) is 13.7. The van der Waals surface area contributed by atoms with Crippen LogP contribution in [0.15, 0.2) is 53.4 Å². The Morgan fingerprint density at radius 1 is 0.792 bits per heavy atom. The molecular formula is C19H22N2O2S. The molecule has 0 saturated carbocycles. The quantitative estimate of drug-likeness (QED) is 0.861. The summed E-state index contributed by atoms with van der Waals surface area (Å²) in [6, 6.07) is 15.5. The number of benzene rings is 2. The Labute approximate surface area is 143 Å². The predicted molar refractivity (Wildman–Crippen MR) is 95.6 cm³/mol. The summed E-state index contributed by atoms with van der Waals surface area (Å²) < 4.78 is 27.5. The van der Waals surface area contributed by atoms with Gasteiger partial charge in [0.05, 0.1) is 4.90 Å². The molecule has 0 aliphatic carbocycles. The van der Waals surface area contributed by atoms with Gasteiger partial charge in [-0.3, -0.25) is 0 Å². The van der Waals surface area contributed by atoms with Gasteiger partial charge in [0, 0.05) is 31.9 Å². The molecule has 0 unspecified atom stereocenters. The van der Waals surface area contributed by atoms with Crippen LogP contribution in [-0.2, 0) is 23.0 Å². The summed E-state index contributed by atoms with van der Waals surface area (Å²) >= 11 is 0. The monoisotopic (exact) mass is 342 g/mol. The van der Waals surface area contributed by atoms with E-state index < -0.39 is 10.0 Å². The molecule has 4 rings (SSSR count). The van der Waals surface area contributed by atoms with Crippen molar-refractivity contribution in [2.45, 2.75) is 30.7 Å². The van der Waals surface area contributed by atoms with Gasteiger partial charge in [-0.1, -0.05) is 24.3 Å². The molecule has 1 fully saturated rings. The van der Waals surface area contributed by atoms with Crippen LogP contribution in [0.2, 0.25) is 0 Å². The van der Waals surface area contributed by atoms with E-state index in [1.807, 2.05) is 30.3 Å². The Hall–Kier alpha value is -1.85. The summed E-state index contributed by atoms with van der Waals surface area (Å²) in [7, 11) is -3.43. The van der Waals surface area contributed by atoms with Crippen LogP contribution in [0.1, 0.15) is 24.0 Å².